The Bertz CT molecular complexity index is 578. The number of hydrogen-bond donors (Lipinski definition) is 3. The number of hydrogen-bond acceptors (Lipinski definition) is 6. The standard InChI is InChI=1S/C19H29O6P.C3H8.C2H6/c1-5-7-11-26(22)12-10-16-13-17(20)18(21)19(25-16)24-15(6-2)9-8-14(3)23-4;1-3-2;1-2/h6,8-9,16-22H,2,10-13H2,1,3-4H3;3H2,1-2H3;1-2H3/b14-8+,15-9+;;. The van der Waals surface area contributed by atoms with E-state index in [9.17, 15) is 15.1 Å². The maximum Gasteiger partial charge on any atom is 0.228 e. The van der Waals surface area contributed by atoms with Crippen LogP contribution in [0.1, 0.15) is 60.8 Å². The van der Waals surface area contributed by atoms with Crippen LogP contribution < -0.4 is 0 Å². The van der Waals surface area contributed by atoms with E-state index in [1.165, 1.54) is 12.5 Å². The molecule has 0 aromatic rings. The van der Waals surface area contributed by atoms with Crippen LogP contribution >= 0.6 is 8.15 Å². The van der Waals surface area contributed by atoms with E-state index in [-0.39, 0.29) is 6.10 Å². The van der Waals surface area contributed by atoms with Crippen molar-refractivity contribution in [1.29, 1.82) is 0 Å². The molecule has 5 atom stereocenters. The minimum atomic E-state index is -1.17. The Morgan fingerprint density at radius 2 is 1.87 bits per heavy atom. The number of ether oxygens (including phenoxy) is 3. The molecule has 180 valence electrons. The van der Waals surface area contributed by atoms with Crippen LogP contribution in [-0.2, 0) is 14.2 Å². The van der Waals surface area contributed by atoms with Crippen molar-refractivity contribution >= 4 is 8.15 Å². The van der Waals surface area contributed by atoms with Crippen LogP contribution in [0.5, 0.6) is 0 Å². The number of rotatable bonds is 9. The molecule has 0 saturated carbocycles. The largest absolute Gasteiger partial charge is 0.501 e. The Kier molecular flexibility index (Phi) is 21.1. The highest BCUT2D eigenvalue weighted by molar-refractivity contribution is 7.51. The summed E-state index contributed by atoms with van der Waals surface area (Å²) in [5.41, 5.74) is 0. The number of methoxy groups -OCH3 is 1. The summed E-state index contributed by atoms with van der Waals surface area (Å²) in [5.74, 6) is 6.70. The fraction of sp³-hybridized carbons (Fsp3) is 0.667. The van der Waals surface area contributed by atoms with Crippen molar-refractivity contribution in [3.05, 3.63) is 36.3 Å². The molecule has 3 N–H and O–H groups in total. The van der Waals surface area contributed by atoms with Gasteiger partial charge >= 0.3 is 0 Å². The highest BCUT2D eigenvalue weighted by Crippen LogP contribution is 2.33. The van der Waals surface area contributed by atoms with Crippen LogP contribution in [0.4, 0.5) is 0 Å². The number of aliphatic hydroxyl groups excluding tert-OH is 2. The topological polar surface area (TPSA) is 88.4 Å². The van der Waals surface area contributed by atoms with Crippen LogP contribution in [0.15, 0.2) is 36.3 Å². The summed E-state index contributed by atoms with van der Waals surface area (Å²) in [7, 11) is 0.387. The summed E-state index contributed by atoms with van der Waals surface area (Å²) in [6.07, 6.45) is 4.53. The third kappa shape index (κ3) is 15.1. The van der Waals surface area contributed by atoms with Gasteiger partial charge in [0.05, 0.1) is 31.2 Å². The predicted molar refractivity (Wildman–Crippen MR) is 130 cm³/mol. The van der Waals surface area contributed by atoms with Gasteiger partial charge in [-0.2, -0.15) is 0 Å². The van der Waals surface area contributed by atoms with Crippen molar-refractivity contribution < 1.29 is 29.3 Å². The lowest BCUT2D eigenvalue weighted by Crippen LogP contribution is -2.49. The van der Waals surface area contributed by atoms with Crippen LogP contribution in [0.3, 0.4) is 0 Å². The van der Waals surface area contributed by atoms with Crippen LogP contribution in [0, 0.1) is 11.8 Å². The molecule has 5 unspecified atom stereocenters. The zero-order valence-corrected chi connectivity index (χ0v) is 21.2. The summed E-state index contributed by atoms with van der Waals surface area (Å²) in [6, 6.07) is 0. The fourth-order valence-electron chi connectivity index (χ4n) is 2.30. The van der Waals surface area contributed by atoms with E-state index in [4.69, 9.17) is 14.2 Å². The van der Waals surface area contributed by atoms with E-state index in [1.807, 2.05) is 13.8 Å². The smallest absolute Gasteiger partial charge is 0.228 e. The number of aliphatic hydroxyl groups is 2. The molecular weight excluding hydrogens is 415 g/mol. The molecule has 1 saturated heterocycles. The second kappa shape index (κ2) is 20.5. The first kappa shape index (κ1) is 31.8. The Morgan fingerprint density at radius 3 is 2.39 bits per heavy atom. The third-order valence-electron chi connectivity index (χ3n) is 3.91. The van der Waals surface area contributed by atoms with Gasteiger partial charge in [-0.05, 0) is 44.7 Å². The quantitative estimate of drug-likeness (QED) is 0.201. The average molecular weight is 459 g/mol. The molecule has 7 heteroatoms. The average Bonchev–Trinajstić information content (AvgIpc) is 2.78. The summed E-state index contributed by atoms with van der Waals surface area (Å²) < 4.78 is 16.5. The van der Waals surface area contributed by atoms with Crippen molar-refractivity contribution in [2.24, 2.45) is 0 Å². The zero-order valence-electron chi connectivity index (χ0n) is 20.3. The fourth-order valence-corrected chi connectivity index (χ4v) is 3.38. The maximum atomic E-state index is 10.2. The minimum absolute atomic E-state index is 0.291. The highest BCUT2D eigenvalue weighted by atomic mass is 31.1. The molecule has 0 amide bonds. The maximum absolute atomic E-state index is 10.2. The van der Waals surface area contributed by atoms with Gasteiger partial charge in [-0.15, -0.1) is 5.92 Å². The van der Waals surface area contributed by atoms with E-state index in [1.54, 1.807) is 33.1 Å². The summed E-state index contributed by atoms with van der Waals surface area (Å²) in [4.78, 5) is 9.95. The molecule has 1 heterocycles. The monoisotopic (exact) mass is 458 g/mol. The van der Waals surface area contributed by atoms with Gasteiger partial charge in [-0.25, -0.2) is 0 Å². The van der Waals surface area contributed by atoms with Gasteiger partial charge in [0.2, 0.25) is 6.29 Å². The summed E-state index contributed by atoms with van der Waals surface area (Å²) in [6.45, 7) is 15.5. The summed E-state index contributed by atoms with van der Waals surface area (Å²) >= 11 is 0. The van der Waals surface area contributed by atoms with Crippen LogP contribution in [0.25, 0.3) is 0 Å². The van der Waals surface area contributed by atoms with Gasteiger partial charge in [-0.3, -0.25) is 0 Å². The molecule has 0 aliphatic carbocycles. The van der Waals surface area contributed by atoms with E-state index in [0.29, 0.717) is 36.7 Å². The van der Waals surface area contributed by atoms with E-state index >= 15 is 0 Å². The van der Waals surface area contributed by atoms with Gasteiger partial charge in [0.15, 0.2) is 0 Å². The van der Waals surface area contributed by atoms with Gasteiger partial charge in [0.25, 0.3) is 0 Å². The summed E-state index contributed by atoms with van der Waals surface area (Å²) in [5, 5.41) is 20.3. The van der Waals surface area contributed by atoms with Crippen molar-refractivity contribution in [3.63, 3.8) is 0 Å². The predicted octanol–water partition coefficient (Wildman–Crippen LogP) is 4.71. The second-order valence-electron chi connectivity index (χ2n) is 6.60. The molecule has 1 aliphatic rings. The molecule has 1 fully saturated rings. The van der Waals surface area contributed by atoms with Crippen LogP contribution in [0.2, 0.25) is 0 Å². The van der Waals surface area contributed by atoms with Gasteiger partial charge in [-0.1, -0.05) is 46.6 Å². The Hall–Kier alpha value is -1.35. The lowest BCUT2D eigenvalue weighted by atomic mass is 10.0. The first-order valence-corrected chi connectivity index (χ1v) is 12.6. The molecular formula is C24H43O6P. The molecule has 0 spiro atoms. The Labute approximate surface area is 190 Å². The molecule has 6 nitrogen and oxygen atoms in total. The normalized spacial score (nSPS) is 24.2. The second-order valence-corrected chi connectivity index (χ2v) is 8.38. The van der Waals surface area contributed by atoms with Crippen molar-refractivity contribution in [2.45, 2.75) is 85.4 Å². The van der Waals surface area contributed by atoms with Gasteiger partial charge in [0.1, 0.15) is 11.9 Å². The molecule has 0 aromatic heterocycles. The van der Waals surface area contributed by atoms with Crippen molar-refractivity contribution in [3.8, 4) is 11.8 Å². The van der Waals surface area contributed by atoms with Crippen molar-refractivity contribution in [2.75, 3.05) is 19.4 Å². The van der Waals surface area contributed by atoms with Gasteiger partial charge in [0, 0.05) is 14.6 Å². The zero-order chi connectivity index (χ0) is 24.2. The third-order valence-corrected chi connectivity index (χ3v) is 5.21. The van der Waals surface area contributed by atoms with Gasteiger partial charge < -0.3 is 29.3 Å². The van der Waals surface area contributed by atoms with E-state index in [0.717, 1.165) is 0 Å². The minimum Gasteiger partial charge on any atom is -0.501 e. The molecule has 1 rings (SSSR count). The van der Waals surface area contributed by atoms with Crippen molar-refractivity contribution in [1.82, 2.24) is 0 Å². The SMILES string of the molecule is C=C/C(=C\C=C(/C)OC)OC1OC(CCP(O)CC#CC)CC(O)C1O.CC.CCC. The first-order valence-electron chi connectivity index (χ1n) is 10.9. The lowest BCUT2D eigenvalue weighted by molar-refractivity contribution is -0.252. The molecule has 0 radical (unpaired) electrons. The Balaban J connectivity index is 0. The lowest BCUT2D eigenvalue weighted by Gasteiger charge is -2.37. The molecule has 31 heavy (non-hydrogen) atoms. The first-order chi connectivity index (χ1) is 14.8. The molecule has 0 bridgehead atoms. The van der Waals surface area contributed by atoms with E-state index in [2.05, 4.69) is 32.3 Å². The number of allylic oxidation sites excluding steroid dienone is 4. The van der Waals surface area contributed by atoms with E-state index < -0.39 is 26.6 Å². The Morgan fingerprint density at radius 1 is 1.26 bits per heavy atom. The van der Waals surface area contributed by atoms with Crippen LogP contribution in [-0.4, -0.2) is 59.1 Å². The highest BCUT2D eigenvalue weighted by Gasteiger charge is 2.38. The molecule has 0 aromatic carbocycles. The molecule has 1 aliphatic heterocycles.